The number of hydrogen-bond donors (Lipinski definition) is 0. The summed E-state index contributed by atoms with van der Waals surface area (Å²) in [6.07, 6.45) is 0. The van der Waals surface area contributed by atoms with Crippen LogP contribution in [0.1, 0.15) is 5.56 Å². The van der Waals surface area contributed by atoms with E-state index in [0.717, 1.165) is 27.8 Å². The molecule has 0 aromatic heterocycles. The van der Waals surface area contributed by atoms with E-state index in [2.05, 4.69) is 24.3 Å². The van der Waals surface area contributed by atoms with Crippen LogP contribution in [0.4, 0.5) is 0 Å². The molecule has 0 unspecified atom stereocenters. The van der Waals surface area contributed by atoms with Crippen molar-refractivity contribution < 1.29 is 14.2 Å². The molecule has 3 nitrogen and oxygen atoms in total. The Kier molecular flexibility index (Phi) is 5.12. The van der Waals surface area contributed by atoms with Gasteiger partial charge in [-0.05, 0) is 40.6 Å². The number of rotatable bonds is 7. The lowest BCUT2D eigenvalue weighted by atomic mass is 10.1. The minimum Gasteiger partial charge on any atom is -0.491 e. The zero-order valence-electron chi connectivity index (χ0n) is 13.2. The highest BCUT2D eigenvalue weighted by Gasteiger charge is 2.01. The molecule has 0 N–H and O–H groups in total. The number of fused-ring (bicyclic) bond motifs is 1. The molecule has 3 heteroatoms. The van der Waals surface area contributed by atoms with Gasteiger partial charge >= 0.3 is 0 Å². The number of methoxy groups -OCH3 is 1. The Morgan fingerprint density at radius 2 is 1.35 bits per heavy atom. The molecule has 0 atom stereocenters. The first-order valence-corrected chi connectivity index (χ1v) is 7.67. The Morgan fingerprint density at radius 3 is 2.00 bits per heavy atom. The van der Waals surface area contributed by atoms with Gasteiger partial charge in [-0.2, -0.15) is 0 Å². The molecule has 0 saturated heterocycles. The molecule has 0 radical (unpaired) electrons. The predicted octanol–water partition coefficient (Wildman–Crippen LogP) is 4.44. The van der Waals surface area contributed by atoms with E-state index in [1.54, 1.807) is 7.11 Å². The van der Waals surface area contributed by atoms with Gasteiger partial charge in [0.15, 0.2) is 0 Å². The van der Waals surface area contributed by atoms with E-state index in [-0.39, 0.29) is 0 Å². The van der Waals surface area contributed by atoms with E-state index >= 15 is 0 Å². The first kappa shape index (κ1) is 15.4. The molecule has 3 aromatic carbocycles. The average molecular weight is 308 g/mol. The lowest BCUT2D eigenvalue weighted by Crippen LogP contribution is -2.03. The van der Waals surface area contributed by atoms with Gasteiger partial charge in [0, 0.05) is 7.11 Å². The van der Waals surface area contributed by atoms with Crippen LogP contribution < -0.4 is 9.47 Å². The summed E-state index contributed by atoms with van der Waals surface area (Å²) in [6.45, 7) is 1.72. The smallest absolute Gasteiger partial charge is 0.120 e. The maximum atomic E-state index is 5.86. The van der Waals surface area contributed by atoms with Crippen molar-refractivity contribution >= 4 is 10.8 Å². The van der Waals surface area contributed by atoms with Crippen LogP contribution >= 0.6 is 0 Å². The maximum absolute atomic E-state index is 5.86. The predicted molar refractivity (Wildman–Crippen MR) is 92.1 cm³/mol. The minimum atomic E-state index is 0.556. The number of hydrogen-bond acceptors (Lipinski definition) is 3. The van der Waals surface area contributed by atoms with Crippen LogP contribution in [0, 0.1) is 0 Å². The van der Waals surface area contributed by atoms with Crippen molar-refractivity contribution in [3.63, 3.8) is 0 Å². The molecular formula is C20H20O3. The van der Waals surface area contributed by atoms with Gasteiger partial charge < -0.3 is 14.2 Å². The largest absolute Gasteiger partial charge is 0.491 e. The second-order valence-corrected chi connectivity index (χ2v) is 5.29. The zero-order chi connectivity index (χ0) is 15.9. The molecule has 23 heavy (non-hydrogen) atoms. The molecule has 0 saturated carbocycles. The van der Waals surface area contributed by atoms with E-state index < -0.39 is 0 Å². The summed E-state index contributed by atoms with van der Waals surface area (Å²) in [7, 11) is 1.67. The van der Waals surface area contributed by atoms with Gasteiger partial charge in [0.2, 0.25) is 0 Å². The fourth-order valence-corrected chi connectivity index (χ4v) is 2.37. The SMILES string of the molecule is COCCOc1ccc2cc(OCc3ccccc3)ccc2c1. The molecule has 118 valence electrons. The van der Waals surface area contributed by atoms with Crippen molar-refractivity contribution in [2.45, 2.75) is 6.61 Å². The zero-order valence-corrected chi connectivity index (χ0v) is 13.2. The molecule has 3 aromatic rings. The van der Waals surface area contributed by atoms with Gasteiger partial charge in [-0.25, -0.2) is 0 Å². The lowest BCUT2D eigenvalue weighted by molar-refractivity contribution is 0.146. The third-order valence-corrected chi connectivity index (χ3v) is 3.59. The molecule has 3 rings (SSSR count). The van der Waals surface area contributed by atoms with E-state index in [4.69, 9.17) is 14.2 Å². The van der Waals surface area contributed by atoms with Crippen LogP contribution in [0.25, 0.3) is 10.8 Å². The second kappa shape index (κ2) is 7.65. The van der Waals surface area contributed by atoms with Gasteiger partial charge in [-0.3, -0.25) is 0 Å². The van der Waals surface area contributed by atoms with Crippen molar-refractivity contribution in [1.29, 1.82) is 0 Å². The van der Waals surface area contributed by atoms with Crippen LogP contribution in [0.5, 0.6) is 11.5 Å². The topological polar surface area (TPSA) is 27.7 Å². The summed E-state index contributed by atoms with van der Waals surface area (Å²) < 4.78 is 16.5. The van der Waals surface area contributed by atoms with E-state index in [9.17, 15) is 0 Å². The third kappa shape index (κ3) is 4.24. The minimum absolute atomic E-state index is 0.556. The van der Waals surface area contributed by atoms with Gasteiger partial charge in [-0.1, -0.05) is 42.5 Å². The Balaban J connectivity index is 1.68. The summed E-state index contributed by atoms with van der Waals surface area (Å²) in [5.41, 5.74) is 1.16. The lowest BCUT2D eigenvalue weighted by Gasteiger charge is -2.09. The average Bonchev–Trinajstić information content (AvgIpc) is 2.61. The summed E-state index contributed by atoms with van der Waals surface area (Å²) in [5.74, 6) is 1.72. The monoisotopic (exact) mass is 308 g/mol. The molecule has 0 amide bonds. The van der Waals surface area contributed by atoms with Crippen molar-refractivity contribution in [3.8, 4) is 11.5 Å². The summed E-state index contributed by atoms with van der Waals surface area (Å²) in [5, 5.41) is 2.27. The van der Waals surface area contributed by atoms with E-state index in [1.165, 1.54) is 0 Å². The molecule has 0 heterocycles. The first-order chi connectivity index (χ1) is 11.3. The molecule has 0 spiro atoms. The first-order valence-electron chi connectivity index (χ1n) is 7.67. The third-order valence-electron chi connectivity index (χ3n) is 3.59. The van der Waals surface area contributed by atoms with Crippen molar-refractivity contribution in [2.75, 3.05) is 20.3 Å². The van der Waals surface area contributed by atoms with Crippen LogP contribution in [0.3, 0.4) is 0 Å². The van der Waals surface area contributed by atoms with Gasteiger partial charge in [0.05, 0.1) is 6.61 Å². The quantitative estimate of drug-likeness (QED) is 0.604. The normalized spacial score (nSPS) is 10.7. The highest BCUT2D eigenvalue weighted by molar-refractivity contribution is 5.85. The highest BCUT2D eigenvalue weighted by atomic mass is 16.5. The molecule has 0 aliphatic carbocycles. The summed E-state index contributed by atoms with van der Waals surface area (Å²) in [6, 6.07) is 22.3. The van der Waals surface area contributed by atoms with Crippen LogP contribution in [0.15, 0.2) is 66.7 Å². The fourth-order valence-electron chi connectivity index (χ4n) is 2.37. The summed E-state index contributed by atoms with van der Waals surface area (Å²) >= 11 is 0. The Labute approximate surface area is 136 Å². The van der Waals surface area contributed by atoms with Gasteiger partial charge in [0.25, 0.3) is 0 Å². The Bertz CT molecular complexity index is 753. The Hall–Kier alpha value is -2.52. The van der Waals surface area contributed by atoms with E-state index in [0.29, 0.717) is 19.8 Å². The van der Waals surface area contributed by atoms with Crippen LogP contribution in [0.2, 0.25) is 0 Å². The van der Waals surface area contributed by atoms with Gasteiger partial charge in [0.1, 0.15) is 24.7 Å². The fraction of sp³-hybridized carbons (Fsp3) is 0.200. The van der Waals surface area contributed by atoms with Gasteiger partial charge in [-0.15, -0.1) is 0 Å². The van der Waals surface area contributed by atoms with Crippen molar-refractivity contribution in [1.82, 2.24) is 0 Å². The van der Waals surface area contributed by atoms with Crippen molar-refractivity contribution in [2.24, 2.45) is 0 Å². The second-order valence-electron chi connectivity index (χ2n) is 5.29. The van der Waals surface area contributed by atoms with Crippen molar-refractivity contribution in [3.05, 3.63) is 72.3 Å². The molecule has 0 bridgehead atoms. The van der Waals surface area contributed by atoms with Crippen LogP contribution in [-0.2, 0) is 11.3 Å². The summed E-state index contributed by atoms with van der Waals surface area (Å²) in [4.78, 5) is 0. The maximum Gasteiger partial charge on any atom is 0.120 e. The molecule has 0 fully saturated rings. The van der Waals surface area contributed by atoms with Crippen LogP contribution in [-0.4, -0.2) is 20.3 Å². The molecular weight excluding hydrogens is 288 g/mol. The van der Waals surface area contributed by atoms with E-state index in [1.807, 2.05) is 42.5 Å². The Morgan fingerprint density at radius 1 is 0.696 bits per heavy atom. The number of benzene rings is 3. The molecule has 0 aliphatic rings. The standard InChI is InChI=1S/C20H20O3/c1-21-11-12-22-19-9-7-18-14-20(10-8-17(18)13-19)23-15-16-5-3-2-4-6-16/h2-10,13-14H,11-12,15H2,1H3. The number of ether oxygens (including phenoxy) is 3. The molecule has 0 aliphatic heterocycles. The highest BCUT2D eigenvalue weighted by Crippen LogP contribution is 2.25.